The van der Waals surface area contributed by atoms with E-state index >= 15 is 0 Å². The predicted octanol–water partition coefficient (Wildman–Crippen LogP) is 4.59. The van der Waals surface area contributed by atoms with Crippen molar-refractivity contribution in [3.8, 4) is 5.75 Å². The van der Waals surface area contributed by atoms with E-state index < -0.39 is 11.9 Å². The molecule has 0 radical (unpaired) electrons. The van der Waals surface area contributed by atoms with Crippen molar-refractivity contribution in [1.29, 1.82) is 0 Å². The molecule has 5 nitrogen and oxygen atoms in total. The molecule has 1 unspecified atom stereocenters. The summed E-state index contributed by atoms with van der Waals surface area (Å²) < 4.78 is 11.2. The Bertz CT molecular complexity index is 1050. The van der Waals surface area contributed by atoms with Crippen molar-refractivity contribution in [3.63, 3.8) is 0 Å². The molecule has 0 saturated heterocycles. The Balaban J connectivity index is 1.57. The van der Waals surface area contributed by atoms with Gasteiger partial charge in [-0.2, -0.15) is 0 Å². The van der Waals surface area contributed by atoms with Gasteiger partial charge in [-0.1, -0.05) is 42.5 Å². The predicted molar refractivity (Wildman–Crippen MR) is 119 cm³/mol. The number of hydrogen-bond acceptors (Lipinski definition) is 5. The van der Waals surface area contributed by atoms with E-state index in [2.05, 4.69) is 5.32 Å². The van der Waals surface area contributed by atoms with Crippen LogP contribution in [-0.2, 0) is 14.3 Å². The molecule has 2 aromatic carbocycles. The number of allylic oxidation sites excluding steroid dienone is 3. The fourth-order valence-corrected chi connectivity index (χ4v) is 4.36. The summed E-state index contributed by atoms with van der Waals surface area (Å²) in [6.45, 7) is 4.28. The third kappa shape index (κ3) is 4.41. The van der Waals surface area contributed by atoms with Crippen molar-refractivity contribution in [1.82, 2.24) is 5.32 Å². The fourth-order valence-electron chi connectivity index (χ4n) is 4.36. The first-order valence-electron chi connectivity index (χ1n) is 10.7. The molecule has 0 bridgehead atoms. The maximum absolute atomic E-state index is 13.2. The number of ketones is 1. The Morgan fingerprint density at radius 3 is 2.52 bits per heavy atom. The molecule has 1 N–H and O–H groups in total. The number of Topliss-reactive ketones (excluding diaryl/α,β-unsaturated/α-hetero) is 1. The van der Waals surface area contributed by atoms with Crippen molar-refractivity contribution in [2.45, 2.75) is 39.0 Å². The van der Waals surface area contributed by atoms with Crippen LogP contribution in [0.5, 0.6) is 5.75 Å². The van der Waals surface area contributed by atoms with Crippen LogP contribution in [0.1, 0.15) is 43.2 Å². The Morgan fingerprint density at radius 1 is 1.00 bits per heavy atom. The smallest absolute Gasteiger partial charge is 0.336 e. The molecule has 0 amide bonds. The number of rotatable bonds is 6. The van der Waals surface area contributed by atoms with Gasteiger partial charge in [-0.15, -0.1) is 0 Å². The van der Waals surface area contributed by atoms with Gasteiger partial charge in [-0.3, -0.25) is 4.79 Å². The van der Waals surface area contributed by atoms with Gasteiger partial charge in [-0.25, -0.2) is 4.79 Å². The van der Waals surface area contributed by atoms with E-state index in [1.54, 1.807) is 0 Å². The maximum atomic E-state index is 13.2. The van der Waals surface area contributed by atoms with E-state index in [9.17, 15) is 9.59 Å². The SMILES string of the molecule is CC1=C(C(=O)OCCOc2ccccc2)C(c2ccccc2C)C2=C(CCCC2=O)N1. The minimum atomic E-state index is -0.417. The first kappa shape index (κ1) is 20.9. The molecule has 0 spiro atoms. The molecule has 160 valence electrons. The van der Waals surface area contributed by atoms with Gasteiger partial charge < -0.3 is 14.8 Å². The molecular formula is C26H27NO4. The zero-order valence-electron chi connectivity index (χ0n) is 17.9. The highest BCUT2D eigenvalue weighted by atomic mass is 16.6. The number of benzene rings is 2. The maximum Gasteiger partial charge on any atom is 0.336 e. The number of carbonyl (C=O) groups excluding carboxylic acids is 2. The van der Waals surface area contributed by atoms with Crippen LogP contribution in [0, 0.1) is 6.92 Å². The van der Waals surface area contributed by atoms with Crippen LogP contribution in [0.15, 0.2) is 77.1 Å². The van der Waals surface area contributed by atoms with Crippen LogP contribution < -0.4 is 10.1 Å². The van der Waals surface area contributed by atoms with Crippen LogP contribution in [0.2, 0.25) is 0 Å². The number of nitrogens with one attached hydrogen (secondary N) is 1. The molecule has 1 atom stereocenters. The Hall–Kier alpha value is -3.34. The van der Waals surface area contributed by atoms with Crippen LogP contribution in [0.4, 0.5) is 0 Å². The van der Waals surface area contributed by atoms with Crippen LogP contribution in [0.3, 0.4) is 0 Å². The van der Waals surface area contributed by atoms with Crippen LogP contribution >= 0.6 is 0 Å². The number of carbonyl (C=O) groups is 2. The average molecular weight is 418 g/mol. The monoisotopic (exact) mass is 417 g/mol. The zero-order valence-corrected chi connectivity index (χ0v) is 17.9. The van der Waals surface area contributed by atoms with E-state index in [0.29, 0.717) is 17.6 Å². The molecule has 31 heavy (non-hydrogen) atoms. The highest BCUT2D eigenvalue weighted by Gasteiger charge is 2.39. The summed E-state index contributed by atoms with van der Waals surface area (Å²) in [5.41, 5.74) is 4.91. The van der Waals surface area contributed by atoms with Crippen molar-refractivity contribution < 1.29 is 19.1 Å². The number of para-hydroxylation sites is 1. The molecule has 4 rings (SSSR count). The van der Waals surface area contributed by atoms with Crippen molar-refractivity contribution in [2.75, 3.05) is 13.2 Å². The largest absolute Gasteiger partial charge is 0.490 e. The van der Waals surface area contributed by atoms with Crippen molar-refractivity contribution >= 4 is 11.8 Å². The van der Waals surface area contributed by atoms with E-state index in [-0.39, 0.29) is 19.0 Å². The number of dihydropyridines is 1. The lowest BCUT2D eigenvalue weighted by Crippen LogP contribution is -2.35. The van der Waals surface area contributed by atoms with Crippen molar-refractivity contribution in [3.05, 3.63) is 88.3 Å². The zero-order chi connectivity index (χ0) is 21.8. The molecule has 0 saturated carbocycles. The quantitative estimate of drug-likeness (QED) is 0.550. The van der Waals surface area contributed by atoms with E-state index in [4.69, 9.17) is 9.47 Å². The van der Waals surface area contributed by atoms with Crippen molar-refractivity contribution in [2.24, 2.45) is 0 Å². The molecule has 0 aromatic heterocycles. The number of hydrogen-bond donors (Lipinski definition) is 1. The van der Waals surface area contributed by atoms with Crippen LogP contribution in [-0.4, -0.2) is 25.0 Å². The van der Waals surface area contributed by atoms with Gasteiger partial charge in [0.05, 0.1) is 5.57 Å². The lowest BCUT2D eigenvalue weighted by molar-refractivity contribution is -0.140. The highest BCUT2D eigenvalue weighted by molar-refractivity contribution is 6.03. The molecule has 2 aliphatic rings. The van der Waals surface area contributed by atoms with E-state index in [1.807, 2.05) is 68.4 Å². The summed E-state index contributed by atoms with van der Waals surface area (Å²) in [6.07, 6.45) is 2.15. The number of ether oxygens (including phenoxy) is 2. The minimum absolute atomic E-state index is 0.104. The molecule has 5 heteroatoms. The summed E-state index contributed by atoms with van der Waals surface area (Å²) in [5.74, 6) is 0.00788. The first-order valence-corrected chi connectivity index (χ1v) is 10.7. The fraction of sp³-hybridized carbons (Fsp3) is 0.308. The molecule has 1 aliphatic carbocycles. The lowest BCUT2D eigenvalue weighted by atomic mass is 9.74. The summed E-state index contributed by atoms with van der Waals surface area (Å²) in [6, 6.07) is 17.3. The minimum Gasteiger partial charge on any atom is -0.490 e. The van der Waals surface area contributed by atoms with Crippen LogP contribution in [0.25, 0.3) is 0 Å². The summed E-state index contributed by atoms with van der Waals surface area (Å²) in [7, 11) is 0. The Labute approximate surface area is 182 Å². The van der Waals surface area contributed by atoms with Gasteiger partial charge in [0.2, 0.25) is 0 Å². The van der Waals surface area contributed by atoms with E-state index in [1.165, 1.54) is 0 Å². The second-order valence-electron chi connectivity index (χ2n) is 7.92. The molecule has 2 aromatic rings. The van der Waals surface area contributed by atoms with Gasteiger partial charge in [-0.05, 0) is 49.9 Å². The normalized spacial score (nSPS) is 18.4. The van der Waals surface area contributed by atoms with Gasteiger partial charge in [0.15, 0.2) is 5.78 Å². The van der Waals surface area contributed by atoms with Gasteiger partial charge in [0, 0.05) is 29.3 Å². The Kier molecular flexibility index (Phi) is 6.21. The molecular weight excluding hydrogens is 390 g/mol. The van der Waals surface area contributed by atoms with Gasteiger partial charge >= 0.3 is 5.97 Å². The third-order valence-corrected chi connectivity index (χ3v) is 5.82. The highest BCUT2D eigenvalue weighted by Crippen LogP contribution is 2.43. The lowest BCUT2D eigenvalue weighted by Gasteiger charge is -2.34. The summed E-state index contributed by atoms with van der Waals surface area (Å²) in [5, 5.41) is 3.32. The second-order valence-corrected chi connectivity index (χ2v) is 7.92. The molecule has 1 heterocycles. The first-order chi connectivity index (χ1) is 15.1. The number of esters is 1. The molecule has 0 fully saturated rings. The standard InChI is InChI=1S/C26H27NO4/c1-17-9-6-7-12-20(17)24-23(18(2)27-21-13-8-14-22(28)25(21)24)26(29)31-16-15-30-19-10-4-3-5-11-19/h3-7,9-12,24,27H,8,13-16H2,1-2H3. The van der Waals surface area contributed by atoms with Gasteiger partial charge in [0.25, 0.3) is 0 Å². The summed E-state index contributed by atoms with van der Waals surface area (Å²) >= 11 is 0. The topological polar surface area (TPSA) is 64.6 Å². The number of aryl methyl sites for hydroxylation is 1. The third-order valence-electron chi connectivity index (χ3n) is 5.82. The second kappa shape index (κ2) is 9.21. The average Bonchev–Trinajstić information content (AvgIpc) is 2.77. The van der Waals surface area contributed by atoms with Gasteiger partial charge in [0.1, 0.15) is 19.0 Å². The Morgan fingerprint density at radius 2 is 1.74 bits per heavy atom. The summed E-state index contributed by atoms with van der Waals surface area (Å²) in [4.78, 5) is 26.1. The van der Waals surface area contributed by atoms with E-state index in [0.717, 1.165) is 41.1 Å². The molecule has 1 aliphatic heterocycles.